The minimum absolute atomic E-state index is 0.293. The standard InChI is InChI=1S/C13H15ClN4O2S2/c1-10-2-4-12(16-15-10)17-6-8-18(9-7-17)22(19,20)13-5-3-11(14)21-13/h2-5H,6-9H2,1H3. The van der Waals surface area contributed by atoms with Crippen molar-refractivity contribution in [2.45, 2.75) is 11.1 Å². The summed E-state index contributed by atoms with van der Waals surface area (Å²) in [6.45, 7) is 3.92. The molecule has 22 heavy (non-hydrogen) atoms. The molecule has 3 rings (SSSR count). The van der Waals surface area contributed by atoms with E-state index in [9.17, 15) is 8.42 Å². The molecular weight excluding hydrogens is 344 g/mol. The third kappa shape index (κ3) is 3.10. The number of rotatable bonds is 3. The lowest BCUT2D eigenvalue weighted by atomic mass is 10.3. The summed E-state index contributed by atoms with van der Waals surface area (Å²) >= 11 is 6.92. The van der Waals surface area contributed by atoms with Crippen LogP contribution >= 0.6 is 22.9 Å². The molecule has 2 aromatic rings. The number of halogens is 1. The van der Waals surface area contributed by atoms with Crippen LogP contribution in [0.2, 0.25) is 4.34 Å². The van der Waals surface area contributed by atoms with Crippen molar-refractivity contribution in [1.29, 1.82) is 0 Å². The summed E-state index contributed by atoms with van der Waals surface area (Å²) in [6, 6.07) is 6.97. The summed E-state index contributed by atoms with van der Waals surface area (Å²) in [4.78, 5) is 2.04. The van der Waals surface area contributed by atoms with Gasteiger partial charge in [-0.3, -0.25) is 0 Å². The number of piperazine rings is 1. The Kier molecular flexibility index (Phi) is 4.35. The molecule has 0 N–H and O–H groups in total. The lowest BCUT2D eigenvalue weighted by Crippen LogP contribution is -2.48. The highest BCUT2D eigenvalue weighted by Gasteiger charge is 2.30. The van der Waals surface area contributed by atoms with Crippen LogP contribution in [0.4, 0.5) is 5.82 Å². The Bertz CT molecular complexity index is 753. The van der Waals surface area contributed by atoms with Gasteiger partial charge in [0.25, 0.3) is 10.0 Å². The molecule has 1 fully saturated rings. The van der Waals surface area contributed by atoms with Gasteiger partial charge < -0.3 is 4.90 Å². The van der Waals surface area contributed by atoms with Crippen LogP contribution in [-0.2, 0) is 10.0 Å². The molecule has 2 aromatic heterocycles. The SMILES string of the molecule is Cc1ccc(N2CCN(S(=O)(=O)c3ccc(Cl)s3)CC2)nn1. The van der Waals surface area contributed by atoms with Gasteiger partial charge in [-0.05, 0) is 31.2 Å². The number of hydrogen-bond donors (Lipinski definition) is 0. The van der Waals surface area contributed by atoms with Crippen molar-refractivity contribution >= 4 is 38.8 Å². The van der Waals surface area contributed by atoms with E-state index in [4.69, 9.17) is 11.6 Å². The first kappa shape index (κ1) is 15.7. The molecule has 6 nitrogen and oxygen atoms in total. The minimum Gasteiger partial charge on any atom is -0.352 e. The molecule has 9 heteroatoms. The van der Waals surface area contributed by atoms with E-state index in [0.29, 0.717) is 34.7 Å². The van der Waals surface area contributed by atoms with E-state index in [1.54, 1.807) is 12.1 Å². The average molecular weight is 359 g/mol. The quantitative estimate of drug-likeness (QED) is 0.839. The number of thiophene rings is 1. The Balaban J connectivity index is 1.70. The molecule has 0 aromatic carbocycles. The van der Waals surface area contributed by atoms with Gasteiger partial charge in [0.2, 0.25) is 0 Å². The Morgan fingerprint density at radius 2 is 1.82 bits per heavy atom. The molecule has 1 aliphatic rings. The summed E-state index contributed by atoms with van der Waals surface area (Å²) in [5.74, 6) is 0.779. The van der Waals surface area contributed by atoms with Crippen molar-refractivity contribution in [2.75, 3.05) is 31.1 Å². The topological polar surface area (TPSA) is 66.4 Å². The summed E-state index contributed by atoms with van der Waals surface area (Å²) in [6.07, 6.45) is 0. The van der Waals surface area contributed by atoms with E-state index >= 15 is 0 Å². The van der Waals surface area contributed by atoms with E-state index in [1.807, 2.05) is 24.0 Å². The summed E-state index contributed by atoms with van der Waals surface area (Å²) in [7, 11) is -3.45. The average Bonchev–Trinajstić information content (AvgIpc) is 2.96. The van der Waals surface area contributed by atoms with E-state index in [-0.39, 0.29) is 0 Å². The van der Waals surface area contributed by atoms with E-state index in [0.717, 1.165) is 22.8 Å². The lowest BCUT2D eigenvalue weighted by molar-refractivity contribution is 0.384. The van der Waals surface area contributed by atoms with Crippen LogP contribution in [0.5, 0.6) is 0 Å². The normalized spacial score (nSPS) is 16.9. The van der Waals surface area contributed by atoms with Crippen LogP contribution in [0.3, 0.4) is 0 Å². The van der Waals surface area contributed by atoms with Gasteiger partial charge in [-0.15, -0.1) is 16.4 Å². The Labute approximate surface area is 138 Å². The molecule has 0 radical (unpaired) electrons. The highest BCUT2D eigenvalue weighted by Crippen LogP contribution is 2.28. The smallest absolute Gasteiger partial charge is 0.252 e. The highest BCUT2D eigenvalue weighted by atomic mass is 35.5. The fourth-order valence-electron chi connectivity index (χ4n) is 2.28. The van der Waals surface area contributed by atoms with Crippen LogP contribution in [0.1, 0.15) is 5.69 Å². The molecule has 3 heterocycles. The summed E-state index contributed by atoms with van der Waals surface area (Å²) < 4.78 is 27.3. The first-order valence-electron chi connectivity index (χ1n) is 6.77. The molecule has 118 valence electrons. The number of anilines is 1. The van der Waals surface area contributed by atoms with Gasteiger partial charge >= 0.3 is 0 Å². The molecule has 0 unspecified atom stereocenters. The summed E-state index contributed by atoms with van der Waals surface area (Å²) in [5.41, 5.74) is 0.861. The van der Waals surface area contributed by atoms with E-state index < -0.39 is 10.0 Å². The Hall–Kier alpha value is -1.22. The van der Waals surface area contributed by atoms with Gasteiger partial charge in [0.05, 0.1) is 10.0 Å². The maximum absolute atomic E-state index is 12.5. The van der Waals surface area contributed by atoms with Gasteiger partial charge in [-0.25, -0.2) is 8.42 Å². The largest absolute Gasteiger partial charge is 0.352 e. The number of hydrogen-bond acceptors (Lipinski definition) is 6. The molecule has 0 spiro atoms. The zero-order valence-corrected chi connectivity index (χ0v) is 14.3. The van der Waals surface area contributed by atoms with Crippen LogP contribution in [0.15, 0.2) is 28.5 Å². The van der Waals surface area contributed by atoms with Crippen molar-refractivity contribution in [2.24, 2.45) is 0 Å². The van der Waals surface area contributed by atoms with Crippen LogP contribution in [0.25, 0.3) is 0 Å². The van der Waals surface area contributed by atoms with Crippen molar-refractivity contribution < 1.29 is 8.42 Å². The molecule has 1 aliphatic heterocycles. The third-order valence-corrected chi connectivity index (χ3v) is 7.09. The second kappa shape index (κ2) is 6.11. The molecule has 0 aliphatic carbocycles. The number of aromatic nitrogens is 2. The Morgan fingerprint density at radius 3 is 2.36 bits per heavy atom. The zero-order valence-electron chi connectivity index (χ0n) is 11.9. The van der Waals surface area contributed by atoms with Crippen molar-refractivity contribution in [3.63, 3.8) is 0 Å². The van der Waals surface area contributed by atoms with Crippen LogP contribution in [-0.4, -0.2) is 49.1 Å². The van der Waals surface area contributed by atoms with Gasteiger partial charge in [0.15, 0.2) is 5.82 Å². The molecule has 1 saturated heterocycles. The van der Waals surface area contributed by atoms with Crippen molar-refractivity contribution in [1.82, 2.24) is 14.5 Å². The molecule has 0 atom stereocenters. The van der Waals surface area contributed by atoms with Crippen LogP contribution < -0.4 is 4.90 Å². The lowest BCUT2D eigenvalue weighted by Gasteiger charge is -2.34. The maximum atomic E-state index is 12.5. The second-order valence-electron chi connectivity index (χ2n) is 4.98. The molecule has 0 saturated carbocycles. The maximum Gasteiger partial charge on any atom is 0.252 e. The van der Waals surface area contributed by atoms with Crippen LogP contribution in [0, 0.1) is 6.92 Å². The molecule has 0 bridgehead atoms. The minimum atomic E-state index is -3.45. The zero-order chi connectivity index (χ0) is 15.7. The first-order chi connectivity index (χ1) is 10.5. The van der Waals surface area contributed by atoms with E-state index in [2.05, 4.69) is 10.2 Å². The third-order valence-electron chi connectivity index (χ3n) is 3.49. The number of sulfonamides is 1. The van der Waals surface area contributed by atoms with Gasteiger partial charge in [-0.1, -0.05) is 11.6 Å². The molecule has 0 amide bonds. The number of aryl methyl sites for hydroxylation is 1. The van der Waals surface area contributed by atoms with Gasteiger partial charge in [0.1, 0.15) is 4.21 Å². The van der Waals surface area contributed by atoms with Gasteiger partial charge in [0, 0.05) is 26.2 Å². The number of nitrogens with zero attached hydrogens (tertiary/aromatic N) is 4. The van der Waals surface area contributed by atoms with Gasteiger partial charge in [-0.2, -0.15) is 9.40 Å². The Morgan fingerprint density at radius 1 is 1.09 bits per heavy atom. The molecular formula is C13H15ClN4O2S2. The predicted octanol–water partition coefficient (Wildman–Crippen LogP) is 2.01. The van der Waals surface area contributed by atoms with Crippen molar-refractivity contribution in [3.05, 3.63) is 34.3 Å². The predicted molar refractivity (Wildman–Crippen MR) is 87.1 cm³/mol. The second-order valence-corrected chi connectivity index (χ2v) is 8.86. The highest BCUT2D eigenvalue weighted by molar-refractivity contribution is 7.91. The first-order valence-corrected chi connectivity index (χ1v) is 9.41. The fourth-order valence-corrected chi connectivity index (χ4v) is 5.34. The summed E-state index contributed by atoms with van der Waals surface area (Å²) in [5, 5.41) is 8.18. The van der Waals surface area contributed by atoms with E-state index in [1.165, 1.54) is 4.31 Å². The fraction of sp³-hybridized carbons (Fsp3) is 0.385. The van der Waals surface area contributed by atoms with Crippen molar-refractivity contribution in [3.8, 4) is 0 Å². The monoisotopic (exact) mass is 358 g/mol.